The Bertz CT molecular complexity index is 1090. The fourth-order valence-corrected chi connectivity index (χ4v) is 5.04. The fourth-order valence-electron chi connectivity index (χ4n) is 4.11. The number of nitriles is 1. The van der Waals surface area contributed by atoms with Crippen molar-refractivity contribution in [1.29, 1.82) is 5.26 Å². The Balaban J connectivity index is 1.57. The van der Waals surface area contributed by atoms with Crippen LogP contribution in [0.4, 0.5) is 10.1 Å². The van der Waals surface area contributed by atoms with E-state index in [0.29, 0.717) is 10.6 Å². The summed E-state index contributed by atoms with van der Waals surface area (Å²) < 4.78 is 14.3. The molecule has 0 aromatic heterocycles. The Hall–Kier alpha value is -3.11. The highest BCUT2D eigenvalue weighted by molar-refractivity contribution is 8.03. The summed E-state index contributed by atoms with van der Waals surface area (Å²) in [6, 6.07) is 16.1. The number of rotatable bonds is 4. The average molecular weight is 421 g/mol. The van der Waals surface area contributed by atoms with E-state index < -0.39 is 11.7 Å². The van der Waals surface area contributed by atoms with Gasteiger partial charge < -0.3 is 10.2 Å². The molecule has 0 fully saturated rings. The quantitative estimate of drug-likeness (QED) is 0.813. The smallest absolute Gasteiger partial charge is 0.237 e. The van der Waals surface area contributed by atoms with Gasteiger partial charge in [0.1, 0.15) is 5.82 Å². The second-order valence-electron chi connectivity index (χ2n) is 7.42. The molecule has 2 aromatic rings. The van der Waals surface area contributed by atoms with Crippen molar-refractivity contribution in [1.82, 2.24) is 5.32 Å². The number of carbonyl (C=O) groups excluding carboxylic acids is 2. The number of para-hydroxylation sites is 1. The van der Waals surface area contributed by atoms with E-state index >= 15 is 0 Å². The number of halogens is 1. The molecule has 0 aliphatic carbocycles. The van der Waals surface area contributed by atoms with Crippen molar-refractivity contribution >= 4 is 29.3 Å². The number of fused-ring (bicyclic) bond motifs is 1. The van der Waals surface area contributed by atoms with Gasteiger partial charge in [-0.15, -0.1) is 0 Å². The standard InChI is InChI=1S/C23H20FN3O2S/c1-14-10-15-6-2-5-9-20(15)27(14)22(29)13-30-23-18(12-25)17(11-21(28)26-23)16-7-3-4-8-19(16)24/h2-9,14,17H,10-11,13H2,1H3,(H,26,28)/t14-,17+/m1/s1. The Labute approximate surface area is 178 Å². The maximum absolute atomic E-state index is 14.3. The number of hydrogen-bond acceptors (Lipinski definition) is 4. The first-order valence-corrected chi connectivity index (χ1v) is 10.7. The topological polar surface area (TPSA) is 73.2 Å². The molecule has 0 unspecified atom stereocenters. The molecule has 152 valence electrons. The van der Waals surface area contributed by atoms with Crippen LogP contribution in [0.25, 0.3) is 0 Å². The summed E-state index contributed by atoms with van der Waals surface area (Å²) in [5, 5.41) is 12.8. The fraction of sp³-hybridized carbons (Fsp3) is 0.261. The SMILES string of the molecule is C[C@@H]1Cc2ccccc2N1C(=O)CSC1=C(C#N)[C@H](c2ccccc2F)CC(=O)N1. The zero-order valence-corrected chi connectivity index (χ0v) is 17.2. The lowest BCUT2D eigenvalue weighted by Crippen LogP contribution is -2.37. The van der Waals surface area contributed by atoms with Crippen LogP contribution >= 0.6 is 11.8 Å². The molecule has 5 nitrogen and oxygen atoms in total. The number of benzene rings is 2. The molecule has 2 aliphatic rings. The molecule has 30 heavy (non-hydrogen) atoms. The third-order valence-electron chi connectivity index (χ3n) is 5.45. The van der Waals surface area contributed by atoms with Crippen molar-refractivity contribution in [3.8, 4) is 6.07 Å². The van der Waals surface area contributed by atoms with Crippen LogP contribution in [-0.2, 0) is 16.0 Å². The molecule has 0 radical (unpaired) electrons. The highest BCUT2D eigenvalue weighted by atomic mass is 32.2. The van der Waals surface area contributed by atoms with Crippen LogP contribution in [0, 0.1) is 17.1 Å². The summed E-state index contributed by atoms with van der Waals surface area (Å²) in [7, 11) is 0. The first-order chi connectivity index (χ1) is 14.5. The highest BCUT2D eigenvalue weighted by Crippen LogP contribution is 2.38. The Kier molecular flexibility index (Phi) is 5.60. The number of anilines is 1. The predicted octanol–water partition coefficient (Wildman–Crippen LogP) is 3.88. The Morgan fingerprint density at radius 1 is 1.23 bits per heavy atom. The van der Waals surface area contributed by atoms with Gasteiger partial charge in [0, 0.05) is 24.1 Å². The van der Waals surface area contributed by atoms with E-state index in [1.54, 1.807) is 23.1 Å². The number of carbonyl (C=O) groups is 2. The van der Waals surface area contributed by atoms with Crippen molar-refractivity contribution in [2.75, 3.05) is 10.7 Å². The minimum atomic E-state index is -0.658. The van der Waals surface area contributed by atoms with Gasteiger partial charge in [0.2, 0.25) is 11.8 Å². The van der Waals surface area contributed by atoms with E-state index in [2.05, 4.69) is 11.4 Å². The van der Waals surface area contributed by atoms with Gasteiger partial charge in [-0.25, -0.2) is 4.39 Å². The lowest BCUT2D eigenvalue weighted by Gasteiger charge is -2.26. The Morgan fingerprint density at radius 2 is 1.97 bits per heavy atom. The van der Waals surface area contributed by atoms with Gasteiger partial charge >= 0.3 is 0 Å². The number of nitrogens with one attached hydrogen (secondary N) is 1. The van der Waals surface area contributed by atoms with Gasteiger partial charge in [-0.05, 0) is 36.6 Å². The zero-order valence-electron chi connectivity index (χ0n) is 16.4. The first kappa shape index (κ1) is 20.2. The second kappa shape index (κ2) is 8.33. The normalized spacial score (nSPS) is 20.6. The second-order valence-corrected chi connectivity index (χ2v) is 8.40. The van der Waals surface area contributed by atoms with Crippen LogP contribution in [0.2, 0.25) is 0 Å². The van der Waals surface area contributed by atoms with Crippen LogP contribution in [0.15, 0.2) is 59.1 Å². The van der Waals surface area contributed by atoms with Crippen molar-refractivity contribution in [2.24, 2.45) is 0 Å². The molecule has 7 heteroatoms. The highest BCUT2D eigenvalue weighted by Gasteiger charge is 2.33. The van der Waals surface area contributed by atoms with Crippen molar-refractivity contribution in [2.45, 2.75) is 31.7 Å². The third kappa shape index (κ3) is 3.71. The summed E-state index contributed by atoms with van der Waals surface area (Å²) in [5.74, 6) is -1.42. The molecular weight excluding hydrogens is 401 g/mol. The summed E-state index contributed by atoms with van der Waals surface area (Å²) in [4.78, 5) is 27.0. The number of thioether (sulfide) groups is 1. The van der Waals surface area contributed by atoms with E-state index in [9.17, 15) is 19.2 Å². The van der Waals surface area contributed by atoms with Crippen molar-refractivity contribution in [3.63, 3.8) is 0 Å². The average Bonchev–Trinajstić information content (AvgIpc) is 3.07. The molecule has 0 spiro atoms. The molecule has 2 aromatic carbocycles. The van der Waals surface area contributed by atoms with E-state index in [0.717, 1.165) is 29.4 Å². The third-order valence-corrected chi connectivity index (χ3v) is 6.45. The summed E-state index contributed by atoms with van der Waals surface area (Å²) >= 11 is 1.12. The van der Waals surface area contributed by atoms with Crippen molar-refractivity contribution in [3.05, 3.63) is 76.1 Å². The summed E-state index contributed by atoms with van der Waals surface area (Å²) in [5.41, 5.74) is 2.63. The molecular formula is C23H20FN3O2S. The molecule has 0 saturated carbocycles. The monoisotopic (exact) mass is 421 g/mol. The lowest BCUT2D eigenvalue weighted by molar-refractivity contribution is -0.121. The van der Waals surface area contributed by atoms with E-state index in [1.807, 2.05) is 31.2 Å². The number of amides is 2. The number of allylic oxidation sites excluding steroid dienone is 1. The summed E-state index contributed by atoms with van der Waals surface area (Å²) in [6.07, 6.45) is 0.795. The molecule has 1 N–H and O–H groups in total. The van der Waals surface area contributed by atoms with E-state index in [4.69, 9.17) is 0 Å². The van der Waals surface area contributed by atoms with Gasteiger partial charge in [0.25, 0.3) is 0 Å². The molecule has 0 saturated heterocycles. The zero-order chi connectivity index (χ0) is 21.3. The molecule has 2 heterocycles. The van der Waals surface area contributed by atoms with Gasteiger partial charge in [0.05, 0.1) is 22.4 Å². The van der Waals surface area contributed by atoms with Gasteiger partial charge in [-0.3, -0.25) is 9.59 Å². The van der Waals surface area contributed by atoms with Gasteiger partial charge in [-0.1, -0.05) is 48.2 Å². The van der Waals surface area contributed by atoms with Gasteiger partial charge in [0.15, 0.2) is 0 Å². The molecule has 2 aliphatic heterocycles. The summed E-state index contributed by atoms with van der Waals surface area (Å²) in [6.45, 7) is 2.00. The number of nitrogens with zero attached hydrogens (tertiary/aromatic N) is 2. The number of hydrogen-bond donors (Lipinski definition) is 1. The maximum atomic E-state index is 14.3. The predicted molar refractivity (Wildman–Crippen MR) is 114 cm³/mol. The largest absolute Gasteiger partial charge is 0.320 e. The molecule has 0 bridgehead atoms. The van der Waals surface area contributed by atoms with Crippen LogP contribution in [0.3, 0.4) is 0 Å². The van der Waals surface area contributed by atoms with E-state index in [1.165, 1.54) is 6.07 Å². The van der Waals surface area contributed by atoms with Gasteiger partial charge in [-0.2, -0.15) is 5.26 Å². The van der Waals surface area contributed by atoms with Crippen molar-refractivity contribution < 1.29 is 14.0 Å². The van der Waals surface area contributed by atoms with E-state index in [-0.39, 0.29) is 35.6 Å². The maximum Gasteiger partial charge on any atom is 0.237 e. The molecule has 4 rings (SSSR count). The molecule has 2 atom stereocenters. The lowest BCUT2D eigenvalue weighted by atomic mass is 9.87. The molecule has 2 amide bonds. The van der Waals surface area contributed by atoms with Crippen LogP contribution < -0.4 is 10.2 Å². The Morgan fingerprint density at radius 3 is 2.73 bits per heavy atom. The first-order valence-electron chi connectivity index (χ1n) is 9.71. The van der Waals surface area contributed by atoms with Crippen LogP contribution in [0.1, 0.15) is 30.4 Å². The van der Waals surface area contributed by atoms with Crippen LogP contribution in [-0.4, -0.2) is 23.6 Å². The minimum Gasteiger partial charge on any atom is -0.320 e. The van der Waals surface area contributed by atoms with Crippen LogP contribution in [0.5, 0.6) is 0 Å². The minimum absolute atomic E-state index is 0.00162.